The van der Waals surface area contributed by atoms with Crippen LogP contribution in [-0.2, 0) is 6.54 Å². The lowest BCUT2D eigenvalue weighted by molar-refractivity contribution is -0.0504. The lowest BCUT2D eigenvalue weighted by atomic mass is 10.1. The van der Waals surface area contributed by atoms with E-state index in [-0.39, 0.29) is 12.3 Å². The van der Waals surface area contributed by atoms with Crippen LogP contribution in [0.5, 0.6) is 5.75 Å². The van der Waals surface area contributed by atoms with Gasteiger partial charge in [-0.15, -0.1) is 6.42 Å². The molecule has 0 aliphatic rings. The van der Waals surface area contributed by atoms with Crippen LogP contribution in [0.1, 0.15) is 11.1 Å². The molecule has 0 aliphatic carbocycles. The zero-order chi connectivity index (χ0) is 15.2. The van der Waals surface area contributed by atoms with E-state index in [0.717, 1.165) is 11.3 Å². The van der Waals surface area contributed by atoms with Gasteiger partial charge in [-0.1, -0.05) is 23.6 Å². The Labute approximate surface area is 126 Å². The van der Waals surface area contributed by atoms with E-state index in [1.807, 2.05) is 12.1 Å². The summed E-state index contributed by atoms with van der Waals surface area (Å²) in [6, 6.07) is 11.7. The first-order chi connectivity index (χ1) is 10.1. The molecule has 0 radical (unpaired) electrons. The van der Waals surface area contributed by atoms with Gasteiger partial charge in [0.25, 0.3) is 0 Å². The molecular formula is C16H12ClF2NO. The molecule has 0 spiro atoms. The van der Waals surface area contributed by atoms with Crippen LogP contribution in [0.3, 0.4) is 0 Å². The van der Waals surface area contributed by atoms with Crippen molar-refractivity contribution in [1.82, 2.24) is 0 Å². The van der Waals surface area contributed by atoms with E-state index in [9.17, 15) is 8.78 Å². The largest absolute Gasteiger partial charge is 0.434 e. The van der Waals surface area contributed by atoms with Gasteiger partial charge in [-0.2, -0.15) is 8.78 Å². The van der Waals surface area contributed by atoms with Crippen LogP contribution in [0.4, 0.5) is 14.5 Å². The number of benzene rings is 2. The summed E-state index contributed by atoms with van der Waals surface area (Å²) in [5.74, 6) is 2.62. The quantitative estimate of drug-likeness (QED) is 0.819. The molecular weight excluding hydrogens is 296 g/mol. The maximum Gasteiger partial charge on any atom is 0.387 e. The van der Waals surface area contributed by atoms with Crippen LogP contribution in [-0.4, -0.2) is 6.61 Å². The molecule has 2 aromatic rings. The van der Waals surface area contributed by atoms with Crippen LogP contribution in [0.25, 0.3) is 0 Å². The Bertz CT molecular complexity index is 668. The van der Waals surface area contributed by atoms with E-state index < -0.39 is 6.61 Å². The monoisotopic (exact) mass is 307 g/mol. The number of rotatable bonds is 5. The van der Waals surface area contributed by atoms with Crippen molar-refractivity contribution in [2.45, 2.75) is 13.2 Å². The van der Waals surface area contributed by atoms with Gasteiger partial charge in [0.15, 0.2) is 0 Å². The zero-order valence-corrected chi connectivity index (χ0v) is 11.7. The van der Waals surface area contributed by atoms with Crippen molar-refractivity contribution in [1.29, 1.82) is 0 Å². The van der Waals surface area contributed by atoms with E-state index in [2.05, 4.69) is 16.0 Å². The minimum atomic E-state index is -2.88. The van der Waals surface area contributed by atoms with E-state index in [1.165, 1.54) is 12.1 Å². The first kappa shape index (κ1) is 15.1. The van der Waals surface area contributed by atoms with Crippen LogP contribution >= 0.6 is 11.6 Å². The number of alkyl halides is 2. The molecule has 0 bridgehead atoms. The van der Waals surface area contributed by atoms with Crippen LogP contribution in [0.15, 0.2) is 42.5 Å². The molecule has 0 saturated heterocycles. The molecule has 2 rings (SSSR count). The summed E-state index contributed by atoms with van der Waals surface area (Å²) in [6.45, 7) is -2.59. The number of terminal acetylenes is 1. The summed E-state index contributed by atoms with van der Waals surface area (Å²) >= 11 is 5.89. The molecule has 2 nitrogen and oxygen atoms in total. The minimum absolute atomic E-state index is 0.0926. The standard InChI is InChI=1S/C16H12ClF2NO/c1-2-11-4-3-5-14(8-11)20-10-12-9-13(17)6-7-15(12)21-16(18)19/h1,3-9,16,20H,10H2. The molecule has 0 aromatic heterocycles. The molecule has 0 fully saturated rings. The van der Waals surface area contributed by atoms with E-state index in [1.54, 1.807) is 18.2 Å². The van der Waals surface area contributed by atoms with Crippen molar-refractivity contribution in [3.05, 3.63) is 58.6 Å². The second-order valence-electron chi connectivity index (χ2n) is 4.21. The van der Waals surface area contributed by atoms with Gasteiger partial charge < -0.3 is 10.1 Å². The second kappa shape index (κ2) is 6.96. The topological polar surface area (TPSA) is 21.3 Å². The molecule has 0 unspecified atom stereocenters. The summed E-state index contributed by atoms with van der Waals surface area (Å²) in [7, 11) is 0. The third kappa shape index (κ3) is 4.37. The smallest absolute Gasteiger partial charge is 0.387 e. The lowest BCUT2D eigenvalue weighted by Gasteiger charge is -2.13. The van der Waals surface area contributed by atoms with Gasteiger partial charge in [-0.3, -0.25) is 0 Å². The highest BCUT2D eigenvalue weighted by atomic mass is 35.5. The molecule has 1 N–H and O–H groups in total. The number of anilines is 1. The third-order valence-electron chi connectivity index (χ3n) is 2.75. The van der Waals surface area contributed by atoms with Crippen molar-refractivity contribution in [2.75, 3.05) is 5.32 Å². The van der Waals surface area contributed by atoms with Gasteiger partial charge in [0, 0.05) is 28.4 Å². The Hall–Kier alpha value is -2.25. The molecule has 5 heteroatoms. The molecule has 0 heterocycles. The fourth-order valence-corrected chi connectivity index (χ4v) is 2.01. The highest BCUT2D eigenvalue weighted by Crippen LogP contribution is 2.25. The molecule has 0 saturated carbocycles. The Morgan fingerprint density at radius 2 is 2.05 bits per heavy atom. The fraction of sp³-hybridized carbons (Fsp3) is 0.125. The highest BCUT2D eigenvalue weighted by molar-refractivity contribution is 6.30. The predicted molar refractivity (Wildman–Crippen MR) is 79.8 cm³/mol. The van der Waals surface area contributed by atoms with Crippen molar-refractivity contribution >= 4 is 17.3 Å². The Morgan fingerprint density at radius 3 is 2.76 bits per heavy atom. The van der Waals surface area contributed by atoms with Crippen LogP contribution in [0.2, 0.25) is 5.02 Å². The first-order valence-corrected chi connectivity index (χ1v) is 6.50. The zero-order valence-electron chi connectivity index (χ0n) is 10.9. The summed E-state index contributed by atoms with van der Waals surface area (Å²) in [4.78, 5) is 0. The van der Waals surface area contributed by atoms with E-state index >= 15 is 0 Å². The normalized spacial score (nSPS) is 10.2. The Kier molecular flexibility index (Phi) is 5.02. The number of halogens is 3. The lowest BCUT2D eigenvalue weighted by Crippen LogP contribution is -2.07. The van der Waals surface area contributed by atoms with E-state index in [0.29, 0.717) is 10.6 Å². The maximum atomic E-state index is 12.4. The molecule has 108 valence electrons. The maximum absolute atomic E-state index is 12.4. The molecule has 0 atom stereocenters. The van der Waals surface area contributed by atoms with Gasteiger partial charge in [0.2, 0.25) is 0 Å². The molecule has 0 amide bonds. The summed E-state index contributed by atoms with van der Waals surface area (Å²) < 4.78 is 29.2. The highest BCUT2D eigenvalue weighted by Gasteiger charge is 2.10. The number of hydrogen-bond donors (Lipinski definition) is 1. The minimum Gasteiger partial charge on any atom is -0.434 e. The predicted octanol–water partition coefficient (Wildman–Crippen LogP) is 4.53. The summed E-state index contributed by atoms with van der Waals surface area (Å²) in [5.41, 5.74) is 2.05. The first-order valence-electron chi connectivity index (χ1n) is 6.12. The van der Waals surface area contributed by atoms with Gasteiger partial charge in [-0.25, -0.2) is 0 Å². The third-order valence-corrected chi connectivity index (χ3v) is 2.99. The Morgan fingerprint density at radius 1 is 1.24 bits per heavy atom. The van der Waals surface area contributed by atoms with Gasteiger partial charge in [0.1, 0.15) is 5.75 Å². The summed E-state index contributed by atoms with van der Waals surface area (Å²) in [6.07, 6.45) is 5.33. The molecule has 0 aliphatic heterocycles. The van der Waals surface area contributed by atoms with Gasteiger partial charge in [0.05, 0.1) is 0 Å². The van der Waals surface area contributed by atoms with Gasteiger partial charge >= 0.3 is 6.61 Å². The molecule has 2 aromatic carbocycles. The van der Waals surface area contributed by atoms with Crippen molar-refractivity contribution in [2.24, 2.45) is 0 Å². The van der Waals surface area contributed by atoms with Crippen LogP contribution in [0, 0.1) is 12.3 Å². The SMILES string of the molecule is C#Cc1cccc(NCc2cc(Cl)ccc2OC(F)F)c1. The number of hydrogen-bond acceptors (Lipinski definition) is 2. The van der Waals surface area contributed by atoms with Gasteiger partial charge in [-0.05, 0) is 36.4 Å². The second-order valence-corrected chi connectivity index (χ2v) is 4.65. The van der Waals surface area contributed by atoms with Crippen molar-refractivity contribution in [3.8, 4) is 18.1 Å². The average Bonchev–Trinajstić information content (AvgIpc) is 2.47. The average molecular weight is 308 g/mol. The Balaban J connectivity index is 2.15. The van der Waals surface area contributed by atoms with Crippen molar-refractivity contribution < 1.29 is 13.5 Å². The van der Waals surface area contributed by atoms with Crippen molar-refractivity contribution in [3.63, 3.8) is 0 Å². The number of ether oxygens (including phenoxy) is 1. The van der Waals surface area contributed by atoms with Crippen LogP contribution < -0.4 is 10.1 Å². The molecule has 21 heavy (non-hydrogen) atoms. The number of nitrogens with one attached hydrogen (secondary N) is 1. The fourth-order valence-electron chi connectivity index (χ4n) is 1.81. The summed E-state index contributed by atoms with van der Waals surface area (Å²) in [5, 5.41) is 3.55. The van der Waals surface area contributed by atoms with E-state index in [4.69, 9.17) is 18.0 Å².